The highest BCUT2D eigenvalue weighted by Crippen LogP contribution is 2.29. The Morgan fingerprint density at radius 1 is 1.18 bits per heavy atom. The van der Waals surface area contributed by atoms with E-state index in [-0.39, 0.29) is 17.6 Å². The van der Waals surface area contributed by atoms with Gasteiger partial charge in [0.15, 0.2) is 0 Å². The molecular weight excluding hydrogens is 276 g/mol. The molecule has 4 nitrogen and oxygen atoms in total. The lowest BCUT2D eigenvalue weighted by atomic mass is 9.77. The number of hydrogen-bond acceptors (Lipinski definition) is 3. The second-order valence-corrected chi connectivity index (χ2v) is 7.52. The highest BCUT2D eigenvalue weighted by atomic mass is 16.6. The van der Waals surface area contributed by atoms with Crippen molar-refractivity contribution in [2.45, 2.75) is 51.7 Å². The molecule has 1 unspecified atom stereocenters. The molecule has 4 heteroatoms. The number of benzene rings is 1. The first-order chi connectivity index (χ1) is 10.2. The maximum Gasteiger partial charge on any atom is 0.410 e. The lowest BCUT2D eigenvalue weighted by Gasteiger charge is -2.42. The summed E-state index contributed by atoms with van der Waals surface area (Å²) in [6.07, 6.45) is -0.220. The molecule has 22 heavy (non-hydrogen) atoms. The summed E-state index contributed by atoms with van der Waals surface area (Å²) < 4.78 is 5.50. The van der Waals surface area contributed by atoms with Crippen LogP contribution in [0.5, 0.6) is 0 Å². The molecule has 1 aromatic rings. The maximum atomic E-state index is 12.3. The van der Waals surface area contributed by atoms with Crippen LogP contribution in [0.25, 0.3) is 0 Å². The summed E-state index contributed by atoms with van der Waals surface area (Å²) >= 11 is 0. The Hall–Kier alpha value is -1.55. The van der Waals surface area contributed by atoms with E-state index < -0.39 is 5.60 Å². The van der Waals surface area contributed by atoms with Crippen LogP contribution < -0.4 is 5.32 Å². The van der Waals surface area contributed by atoms with Crippen LogP contribution >= 0.6 is 0 Å². The lowest BCUT2D eigenvalue weighted by molar-refractivity contribution is 0.0168. The number of piperazine rings is 1. The van der Waals surface area contributed by atoms with Crippen molar-refractivity contribution in [3.8, 4) is 0 Å². The summed E-state index contributed by atoms with van der Waals surface area (Å²) in [7, 11) is 0. The SMILES string of the molecule is CC(C)(C)OC(=O)N1CCNC(C(C)(C)c2ccccc2)C1. The van der Waals surface area contributed by atoms with Crippen LogP contribution in [0.1, 0.15) is 40.2 Å². The summed E-state index contributed by atoms with van der Waals surface area (Å²) in [4.78, 5) is 14.1. The van der Waals surface area contributed by atoms with Crippen LogP contribution in [-0.2, 0) is 10.2 Å². The van der Waals surface area contributed by atoms with Gasteiger partial charge in [0.2, 0.25) is 0 Å². The molecule has 1 N–H and O–H groups in total. The quantitative estimate of drug-likeness (QED) is 0.912. The first-order valence-electron chi connectivity index (χ1n) is 7.97. The molecule has 2 rings (SSSR count). The molecule has 1 aromatic carbocycles. The molecule has 1 fully saturated rings. The molecule has 122 valence electrons. The predicted molar refractivity (Wildman–Crippen MR) is 89.1 cm³/mol. The van der Waals surface area contributed by atoms with Gasteiger partial charge in [-0.15, -0.1) is 0 Å². The molecular formula is C18H28N2O2. The molecule has 0 aliphatic carbocycles. The van der Waals surface area contributed by atoms with Crippen LogP contribution in [0, 0.1) is 0 Å². The topological polar surface area (TPSA) is 41.6 Å². The highest BCUT2D eigenvalue weighted by Gasteiger charge is 2.36. The van der Waals surface area contributed by atoms with Gasteiger partial charge in [-0.25, -0.2) is 4.79 Å². The molecule has 0 spiro atoms. The van der Waals surface area contributed by atoms with E-state index in [1.807, 2.05) is 31.7 Å². The summed E-state index contributed by atoms with van der Waals surface area (Å²) in [5.74, 6) is 0. The lowest BCUT2D eigenvalue weighted by Crippen LogP contribution is -2.59. The number of hydrogen-bond donors (Lipinski definition) is 1. The number of nitrogens with one attached hydrogen (secondary N) is 1. The minimum atomic E-state index is -0.452. The van der Waals surface area contributed by atoms with Gasteiger partial charge in [0.1, 0.15) is 5.60 Å². The second kappa shape index (κ2) is 6.29. The van der Waals surface area contributed by atoms with Crippen molar-refractivity contribution in [3.63, 3.8) is 0 Å². The molecule has 1 aliphatic rings. The Morgan fingerprint density at radius 2 is 1.82 bits per heavy atom. The molecule has 1 saturated heterocycles. The normalized spacial score (nSPS) is 19.9. The number of ether oxygens (including phenoxy) is 1. The third kappa shape index (κ3) is 4.01. The summed E-state index contributed by atoms with van der Waals surface area (Å²) in [5, 5.41) is 3.56. The van der Waals surface area contributed by atoms with Crippen LogP contribution in [-0.4, -0.2) is 42.3 Å². The number of carbonyl (C=O) groups is 1. The van der Waals surface area contributed by atoms with E-state index >= 15 is 0 Å². The number of rotatable bonds is 2. The van der Waals surface area contributed by atoms with Gasteiger partial charge in [-0.1, -0.05) is 44.2 Å². The van der Waals surface area contributed by atoms with Gasteiger partial charge in [-0.3, -0.25) is 0 Å². The van der Waals surface area contributed by atoms with Gasteiger partial charge >= 0.3 is 6.09 Å². The smallest absolute Gasteiger partial charge is 0.410 e. The van der Waals surface area contributed by atoms with Gasteiger partial charge in [-0.2, -0.15) is 0 Å². The summed E-state index contributed by atoms with van der Waals surface area (Å²) in [6.45, 7) is 12.3. The second-order valence-electron chi connectivity index (χ2n) is 7.52. The number of carbonyl (C=O) groups excluding carboxylic acids is 1. The van der Waals surface area contributed by atoms with E-state index in [0.29, 0.717) is 13.1 Å². The Kier molecular flexibility index (Phi) is 4.81. The molecule has 1 atom stereocenters. The average Bonchev–Trinajstić information content (AvgIpc) is 2.46. The van der Waals surface area contributed by atoms with Crippen molar-refractivity contribution in [2.75, 3.05) is 19.6 Å². The minimum Gasteiger partial charge on any atom is -0.444 e. The van der Waals surface area contributed by atoms with Gasteiger partial charge in [0, 0.05) is 31.1 Å². The molecule has 0 bridgehead atoms. The van der Waals surface area contributed by atoms with E-state index in [0.717, 1.165) is 6.54 Å². The Bertz CT molecular complexity index is 506. The largest absolute Gasteiger partial charge is 0.444 e. The van der Waals surface area contributed by atoms with Crippen molar-refractivity contribution in [3.05, 3.63) is 35.9 Å². The predicted octanol–water partition coefficient (Wildman–Crippen LogP) is 3.17. The van der Waals surface area contributed by atoms with E-state index in [9.17, 15) is 4.79 Å². The summed E-state index contributed by atoms with van der Waals surface area (Å²) in [6, 6.07) is 10.6. The van der Waals surface area contributed by atoms with Crippen molar-refractivity contribution < 1.29 is 9.53 Å². The van der Waals surface area contributed by atoms with Gasteiger partial charge in [0.05, 0.1) is 0 Å². The van der Waals surface area contributed by atoms with Crippen LogP contribution in [0.15, 0.2) is 30.3 Å². The van der Waals surface area contributed by atoms with E-state index in [1.165, 1.54) is 5.56 Å². The molecule has 0 saturated carbocycles. The zero-order valence-corrected chi connectivity index (χ0v) is 14.3. The van der Waals surface area contributed by atoms with Crippen molar-refractivity contribution >= 4 is 6.09 Å². The van der Waals surface area contributed by atoms with Crippen molar-refractivity contribution in [2.24, 2.45) is 0 Å². The Morgan fingerprint density at radius 3 is 2.41 bits per heavy atom. The first kappa shape index (κ1) is 16.8. The third-order valence-electron chi connectivity index (χ3n) is 4.22. The average molecular weight is 304 g/mol. The molecule has 1 amide bonds. The van der Waals surface area contributed by atoms with Crippen molar-refractivity contribution in [1.29, 1.82) is 0 Å². The zero-order chi connectivity index (χ0) is 16.4. The molecule has 0 aromatic heterocycles. The van der Waals surface area contributed by atoms with Gasteiger partial charge < -0.3 is 15.0 Å². The van der Waals surface area contributed by atoms with Gasteiger partial charge in [0.25, 0.3) is 0 Å². The van der Waals surface area contributed by atoms with Crippen LogP contribution in [0.3, 0.4) is 0 Å². The van der Waals surface area contributed by atoms with Crippen molar-refractivity contribution in [1.82, 2.24) is 10.2 Å². The van der Waals surface area contributed by atoms with Crippen LogP contribution in [0.4, 0.5) is 4.79 Å². The number of nitrogens with zero attached hydrogens (tertiary/aromatic N) is 1. The third-order valence-corrected chi connectivity index (χ3v) is 4.22. The zero-order valence-electron chi connectivity index (χ0n) is 14.3. The number of amides is 1. The van der Waals surface area contributed by atoms with E-state index in [1.54, 1.807) is 0 Å². The Labute approximate surface area is 133 Å². The fourth-order valence-electron chi connectivity index (χ4n) is 2.79. The molecule has 1 heterocycles. The molecule has 0 radical (unpaired) electrons. The van der Waals surface area contributed by atoms with E-state index in [4.69, 9.17) is 4.74 Å². The minimum absolute atomic E-state index is 0.0536. The van der Waals surface area contributed by atoms with Crippen LogP contribution in [0.2, 0.25) is 0 Å². The standard InChI is InChI=1S/C18H28N2O2/c1-17(2,3)22-16(21)20-12-11-19-15(13-20)18(4,5)14-9-7-6-8-10-14/h6-10,15,19H,11-13H2,1-5H3. The van der Waals surface area contributed by atoms with Gasteiger partial charge in [-0.05, 0) is 26.3 Å². The fraction of sp³-hybridized carbons (Fsp3) is 0.611. The Balaban J connectivity index is 2.09. The fourth-order valence-corrected chi connectivity index (χ4v) is 2.79. The first-order valence-corrected chi connectivity index (χ1v) is 7.97. The summed E-state index contributed by atoms with van der Waals surface area (Å²) in [5.41, 5.74) is 0.771. The monoisotopic (exact) mass is 304 g/mol. The molecule has 1 aliphatic heterocycles. The maximum absolute atomic E-state index is 12.3. The highest BCUT2D eigenvalue weighted by molar-refractivity contribution is 5.68. The van der Waals surface area contributed by atoms with E-state index in [2.05, 4.69) is 43.4 Å².